The number of nitrogens with one attached hydrogen (secondary N) is 1. The van der Waals surface area contributed by atoms with Crippen LogP contribution in [-0.4, -0.2) is 62.8 Å². The van der Waals surface area contributed by atoms with Crippen molar-refractivity contribution in [2.24, 2.45) is 5.92 Å². The molecule has 0 aliphatic rings. The molecule has 0 heterocycles. The minimum atomic E-state index is -0.970. The average Bonchev–Trinajstić information content (AvgIpc) is 2.90. The van der Waals surface area contributed by atoms with Gasteiger partial charge in [-0.15, -0.1) is 0 Å². The molecule has 0 spiro atoms. The minimum absolute atomic E-state index is 0.0531. The number of methoxy groups -OCH3 is 1. The lowest BCUT2D eigenvalue weighted by molar-refractivity contribution is -0.148. The van der Waals surface area contributed by atoms with Crippen LogP contribution in [-0.2, 0) is 35.0 Å². The highest BCUT2D eigenvalue weighted by molar-refractivity contribution is 5.76. The fourth-order valence-corrected chi connectivity index (χ4v) is 2.88. The first-order chi connectivity index (χ1) is 18.0. The molecule has 0 radical (unpaired) electrons. The van der Waals surface area contributed by atoms with Crippen molar-refractivity contribution < 1.29 is 47.6 Å². The van der Waals surface area contributed by atoms with Gasteiger partial charge in [-0.05, 0) is 57.2 Å². The van der Waals surface area contributed by atoms with E-state index in [2.05, 4.69) is 5.32 Å². The van der Waals surface area contributed by atoms with Crippen LogP contribution in [0, 0.1) is 5.92 Å². The highest BCUT2D eigenvalue weighted by Crippen LogP contribution is 2.30. The molecule has 1 N–H and O–H groups in total. The predicted octanol–water partition coefficient (Wildman–Crippen LogP) is 4.58. The van der Waals surface area contributed by atoms with E-state index >= 15 is 0 Å². The first-order valence-electron chi connectivity index (χ1n) is 12.9. The number of esters is 2. The topological polar surface area (TPSA) is 136 Å². The minimum Gasteiger partial charge on any atom is -0.468 e. The zero-order valence-corrected chi connectivity index (χ0v) is 23.4. The molecule has 4 atom stereocenters. The van der Waals surface area contributed by atoms with E-state index in [4.69, 9.17) is 28.4 Å². The van der Waals surface area contributed by atoms with Crippen molar-refractivity contribution in [2.75, 3.05) is 20.3 Å². The summed E-state index contributed by atoms with van der Waals surface area (Å²) in [4.78, 5) is 48.7. The highest BCUT2D eigenvalue weighted by atomic mass is 16.7. The molecule has 214 valence electrons. The third kappa shape index (κ3) is 11.8. The SMILES string of the molecule is CCC(C)OC(=O)Oc1ccc(C[C@H](NCCOC(=O)C(C)CC)C(=O)OC)cc1OC(=O)OC(C)CC. The molecule has 1 aromatic carbocycles. The number of hydrogen-bond donors (Lipinski definition) is 1. The molecule has 1 aromatic rings. The molecule has 0 saturated heterocycles. The molecule has 38 heavy (non-hydrogen) atoms. The second kappa shape index (κ2) is 17.2. The summed E-state index contributed by atoms with van der Waals surface area (Å²) >= 11 is 0. The maximum atomic E-state index is 12.4. The van der Waals surface area contributed by atoms with Gasteiger partial charge in [-0.3, -0.25) is 9.59 Å². The Bertz CT molecular complexity index is 919. The number of ether oxygens (including phenoxy) is 6. The van der Waals surface area contributed by atoms with Gasteiger partial charge in [-0.25, -0.2) is 9.59 Å². The highest BCUT2D eigenvalue weighted by Gasteiger charge is 2.23. The quantitative estimate of drug-likeness (QED) is 0.145. The third-order valence-corrected chi connectivity index (χ3v) is 5.82. The molecule has 0 fully saturated rings. The van der Waals surface area contributed by atoms with Crippen molar-refractivity contribution in [2.45, 2.75) is 85.5 Å². The van der Waals surface area contributed by atoms with Crippen molar-refractivity contribution in [3.8, 4) is 11.5 Å². The molecule has 0 aliphatic carbocycles. The van der Waals surface area contributed by atoms with Crippen LogP contribution in [0.25, 0.3) is 0 Å². The van der Waals surface area contributed by atoms with Crippen LogP contribution >= 0.6 is 0 Å². The lowest BCUT2D eigenvalue weighted by atomic mass is 10.1. The van der Waals surface area contributed by atoms with E-state index in [1.54, 1.807) is 26.8 Å². The van der Waals surface area contributed by atoms with Gasteiger partial charge >= 0.3 is 24.2 Å². The van der Waals surface area contributed by atoms with E-state index in [0.29, 0.717) is 24.8 Å². The Morgan fingerprint density at radius 3 is 1.92 bits per heavy atom. The number of rotatable bonds is 15. The van der Waals surface area contributed by atoms with E-state index in [1.165, 1.54) is 19.2 Å². The first kappa shape index (κ1) is 32.7. The van der Waals surface area contributed by atoms with Crippen LogP contribution in [0.2, 0.25) is 0 Å². The summed E-state index contributed by atoms with van der Waals surface area (Å²) in [7, 11) is 1.26. The Balaban J connectivity index is 3.04. The molecular weight excluding hydrogens is 498 g/mol. The molecule has 0 aromatic heterocycles. The van der Waals surface area contributed by atoms with Crippen molar-refractivity contribution >= 4 is 24.2 Å². The molecule has 0 aliphatic heterocycles. The summed E-state index contributed by atoms with van der Waals surface area (Å²) in [6, 6.07) is 3.72. The second-order valence-corrected chi connectivity index (χ2v) is 8.87. The number of carbonyl (C=O) groups excluding carboxylic acids is 4. The van der Waals surface area contributed by atoms with Crippen molar-refractivity contribution in [3.05, 3.63) is 23.8 Å². The molecule has 11 nitrogen and oxygen atoms in total. The number of hydrogen-bond acceptors (Lipinski definition) is 11. The van der Waals surface area contributed by atoms with Crippen molar-refractivity contribution in [1.82, 2.24) is 5.32 Å². The zero-order chi connectivity index (χ0) is 28.7. The Morgan fingerprint density at radius 1 is 0.816 bits per heavy atom. The van der Waals surface area contributed by atoms with Crippen molar-refractivity contribution in [3.63, 3.8) is 0 Å². The summed E-state index contributed by atoms with van der Waals surface area (Å²) in [5.74, 6) is -1.18. The van der Waals surface area contributed by atoms with Gasteiger partial charge in [-0.2, -0.15) is 0 Å². The summed E-state index contributed by atoms with van der Waals surface area (Å²) in [6.07, 6.45) is -0.681. The van der Waals surface area contributed by atoms with E-state index in [-0.39, 0.29) is 55.2 Å². The van der Waals surface area contributed by atoms with Crippen LogP contribution < -0.4 is 14.8 Å². The number of benzene rings is 1. The molecular formula is C27H41NO10. The van der Waals surface area contributed by atoms with Gasteiger partial charge in [0.2, 0.25) is 0 Å². The van der Waals surface area contributed by atoms with Gasteiger partial charge in [0, 0.05) is 6.54 Å². The molecule has 11 heteroatoms. The third-order valence-electron chi connectivity index (χ3n) is 5.82. The van der Waals surface area contributed by atoms with Crippen LogP contribution in [0.15, 0.2) is 18.2 Å². The lowest BCUT2D eigenvalue weighted by Gasteiger charge is -2.18. The van der Waals surface area contributed by atoms with Crippen LogP contribution in [0.4, 0.5) is 9.59 Å². The van der Waals surface area contributed by atoms with Gasteiger partial charge in [0.1, 0.15) is 24.9 Å². The fourth-order valence-electron chi connectivity index (χ4n) is 2.88. The van der Waals surface area contributed by atoms with E-state index in [1.807, 2.05) is 20.8 Å². The Morgan fingerprint density at radius 2 is 1.39 bits per heavy atom. The predicted molar refractivity (Wildman–Crippen MR) is 138 cm³/mol. The maximum Gasteiger partial charge on any atom is 0.514 e. The summed E-state index contributed by atoms with van der Waals surface area (Å²) in [5.41, 5.74) is 0.568. The molecule has 3 unspecified atom stereocenters. The Kier molecular flexibility index (Phi) is 14.8. The van der Waals surface area contributed by atoms with Crippen LogP contribution in [0.1, 0.15) is 66.4 Å². The van der Waals surface area contributed by atoms with Gasteiger partial charge in [-0.1, -0.05) is 33.8 Å². The summed E-state index contributed by atoms with van der Waals surface area (Å²) in [6.45, 7) is 11.1. The maximum absolute atomic E-state index is 12.4. The zero-order valence-electron chi connectivity index (χ0n) is 23.4. The van der Waals surface area contributed by atoms with Gasteiger partial charge in [0.25, 0.3) is 0 Å². The van der Waals surface area contributed by atoms with Crippen LogP contribution in [0.5, 0.6) is 11.5 Å². The first-order valence-corrected chi connectivity index (χ1v) is 12.9. The number of carbonyl (C=O) groups is 4. The fraction of sp³-hybridized carbons (Fsp3) is 0.630. The second-order valence-electron chi connectivity index (χ2n) is 8.87. The summed E-state index contributed by atoms with van der Waals surface area (Å²) < 4.78 is 31.0. The van der Waals surface area contributed by atoms with E-state index in [0.717, 1.165) is 0 Å². The molecule has 0 saturated carbocycles. The van der Waals surface area contributed by atoms with Gasteiger partial charge in [0.15, 0.2) is 11.5 Å². The Labute approximate surface area is 224 Å². The molecule has 0 bridgehead atoms. The largest absolute Gasteiger partial charge is 0.514 e. The van der Waals surface area contributed by atoms with Crippen molar-refractivity contribution in [1.29, 1.82) is 0 Å². The summed E-state index contributed by atoms with van der Waals surface area (Å²) in [5, 5.41) is 3.01. The smallest absolute Gasteiger partial charge is 0.468 e. The van der Waals surface area contributed by atoms with E-state index in [9.17, 15) is 19.2 Å². The van der Waals surface area contributed by atoms with Gasteiger partial charge < -0.3 is 33.7 Å². The lowest BCUT2D eigenvalue weighted by Crippen LogP contribution is -2.41. The van der Waals surface area contributed by atoms with Crippen LogP contribution in [0.3, 0.4) is 0 Å². The van der Waals surface area contributed by atoms with E-state index < -0.39 is 24.3 Å². The normalized spacial score (nSPS) is 13.9. The average molecular weight is 540 g/mol. The standard InChI is InChI=1S/C27H41NO10/c1-8-17(4)24(29)34-14-13-28-21(25(30)33-7)15-20-11-12-22(37-26(31)35-18(5)9-2)23(16-20)38-27(32)36-19(6)10-3/h11-12,16-19,21,28H,8-10,13-15H2,1-7H3/t17?,18?,19?,21-/m0/s1. The van der Waals surface area contributed by atoms with Gasteiger partial charge in [0.05, 0.1) is 13.0 Å². The monoisotopic (exact) mass is 539 g/mol. The Hall–Kier alpha value is -3.34. The molecule has 1 rings (SSSR count). The molecule has 0 amide bonds.